The van der Waals surface area contributed by atoms with Crippen LogP contribution in [0.4, 0.5) is 26.3 Å². The van der Waals surface area contributed by atoms with Crippen LogP contribution in [-0.4, -0.2) is 5.97 Å². The summed E-state index contributed by atoms with van der Waals surface area (Å²) in [6.07, 6.45) is 0.515. The molecule has 38 heavy (non-hydrogen) atoms. The van der Waals surface area contributed by atoms with Gasteiger partial charge in [0.2, 0.25) is 0 Å². The minimum Gasteiger partial charge on any atom is -0.423 e. The van der Waals surface area contributed by atoms with E-state index in [-0.39, 0.29) is 34.4 Å². The van der Waals surface area contributed by atoms with Crippen molar-refractivity contribution in [1.29, 1.82) is 0 Å². The van der Waals surface area contributed by atoms with E-state index in [1.54, 1.807) is 31.2 Å². The van der Waals surface area contributed by atoms with Crippen LogP contribution in [0.2, 0.25) is 0 Å². The fraction of sp³-hybridized carbons (Fsp3) is 0.100. The highest BCUT2D eigenvalue weighted by Gasteiger charge is 2.16. The van der Waals surface area contributed by atoms with E-state index in [1.807, 2.05) is 0 Å². The predicted octanol–water partition coefficient (Wildman–Crippen LogP) is 9.20. The number of esters is 1. The Morgan fingerprint density at radius 1 is 0.684 bits per heavy atom. The molecule has 0 saturated heterocycles. The Hall–Kier alpha value is -4.33. The third kappa shape index (κ3) is 5.80. The summed E-state index contributed by atoms with van der Waals surface area (Å²) in [7, 11) is 0. The van der Waals surface area contributed by atoms with E-state index < -0.39 is 40.9 Å². The summed E-state index contributed by atoms with van der Waals surface area (Å²) in [5, 5.41) is 0. The van der Waals surface area contributed by atoms with Gasteiger partial charge in [-0.2, -0.15) is 0 Å². The van der Waals surface area contributed by atoms with Crippen LogP contribution in [0.1, 0.15) is 35.7 Å². The van der Waals surface area contributed by atoms with Crippen molar-refractivity contribution in [1.82, 2.24) is 0 Å². The van der Waals surface area contributed by atoms with E-state index in [4.69, 9.17) is 4.74 Å². The van der Waals surface area contributed by atoms with Gasteiger partial charge in [0.05, 0.1) is 5.56 Å². The number of carbonyl (C=O) groups is 1. The van der Waals surface area contributed by atoms with Crippen LogP contribution in [0.3, 0.4) is 0 Å². The van der Waals surface area contributed by atoms with Crippen LogP contribution in [0, 0.1) is 23.3 Å². The molecule has 194 valence electrons. The Balaban J connectivity index is 1.46. The Bertz CT molecular complexity index is 1490. The summed E-state index contributed by atoms with van der Waals surface area (Å²) < 4.78 is 87.8. The molecule has 0 atom stereocenters. The fourth-order valence-corrected chi connectivity index (χ4v) is 3.76. The third-order valence-corrected chi connectivity index (χ3v) is 5.75. The van der Waals surface area contributed by atoms with Crippen LogP contribution in [0.15, 0.2) is 84.7 Å². The van der Waals surface area contributed by atoms with Crippen LogP contribution in [0.5, 0.6) is 5.75 Å². The molecule has 4 aromatic carbocycles. The van der Waals surface area contributed by atoms with Crippen LogP contribution < -0.4 is 4.74 Å². The minimum absolute atomic E-state index is 0.0240. The van der Waals surface area contributed by atoms with Gasteiger partial charge < -0.3 is 4.74 Å². The van der Waals surface area contributed by atoms with Crippen molar-refractivity contribution in [3.8, 4) is 28.0 Å². The lowest BCUT2D eigenvalue weighted by Gasteiger charge is -2.09. The lowest BCUT2D eigenvalue weighted by molar-refractivity contribution is 0.0734. The van der Waals surface area contributed by atoms with E-state index >= 15 is 0 Å². The zero-order valence-corrected chi connectivity index (χ0v) is 20.0. The second-order valence-electron chi connectivity index (χ2n) is 8.41. The van der Waals surface area contributed by atoms with Gasteiger partial charge in [0, 0.05) is 23.6 Å². The Morgan fingerprint density at radius 3 is 1.76 bits per heavy atom. The number of allylic oxidation sites excluding steroid dienone is 1. The lowest BCUT2D eigenvalue weighted by Crippen LogP contribution is -2.08. The first-order valence-electron chi connectivity index (χ1n) is 11.6. The van der Waals surface area contributed by atoms with Crippen LogP contribution >= 0.6 is 0 Å². The summed E-state index contributed by atoms with van der Waals surface area (Å²) in [4.78, 5) is 12.5. The summed E-state index contributed by atoms with van der Waals surface area (Å²) in [5.41, 5.74) is 1.29. The highest BCUT2D eigenvalue weighted by Crippen LogP contribution is 2.30. The average molecular weight is 526 g/mol. The van der Waals surface area contributed by atoms with E-state index in [9.17, 15) is 31.1 Å². The summed E-state index contributed by atoms with van der Waals surface area (Å²) >= 11 is 0. The molecule has 4 aromatic rings. The van der Waals surface area contributed by atoms with E-state index in [2.05, 4.69) is 0 Å². The molecule has 0 aliphatic rings. The lowest BCUT2D eigenvalue weighted by atomic mass is 10.0. The third-order valence-electron chi connectivity index (χ3n) is 5.75. The second kappa shape index (κ2) is 11.4. The first kappa shape index (κ1) is 26.7. The quantitative estimate of drug-likeness (QED) is 0.104. The van der Waals surface area contributed by atoms with Crippen molar-refractivity contribution in [2.75, 3.05) is 0 Å². The number of hydrogen-bond donors (Lipinski definition) is 0. The number of halogens is 6. The van der Waals surface area contributed by atoms with Gasteiger partial charge in [-0.05, 0) is 59.5 Å². The van der Waals surface area contributed by atoms with Crippen molar-refractivity contribution in [2.24, 2.45) is 0 Å². The maximum absolute atomic E-state index is 14.6. The van der Waals surface area contributed by atoms with Crippen molar-refractivity contribution < 1.29 is 35.9 Å². The van der Waals surface area contributed by atoms with Crippen molar-refractivity contribution >= 4 is 11.8 Å². The molecule has 0 saturated carbocycles. The minimum atomic E-state index is -1.66. The molecule has 0 aromatic heterocycles. The van der Waals surface area contributed by atoms with Crippen LogP contribution in [-0.2, 0) is 0 Å². The summed E-state index contributed by atoms with van der Waals surface area (Å²) in [5.74, 6) is -8.12. The molecule has 0 spiro atoms. The van der Waals surface area contributed by atoms with E-state index in [0.717, 1.165) is 12.1 Å². The van der Waals surface area contributed by atoms with Crippen molar-refractivity contribution in [3.63, 3.8) is 0 Å². The molecule has 2 nitrogen and oxygen atoms in total. The van der Waals surface area contributed by atoms with Gasteiger partial charge in [0.15, 0.2) is 23.3 Å². The SMILES string of the molecule is CCCC(F)=C(F)c1ccc(-c2ccc(C(=O)Oc3ccc(-c4cc(F)c(F)c(F)c4)c(F)c3)cc2)cc1. The second-order valence-corrected chi connectivity index (χ2v) is 8.41. The van der Waals surface area contributed by atoms with Gasteiger partial charge in [-0.1, -0.05) is 43.3 Å². The molecule has 4 rings (SSSR count). The molecule has 0 amide bonds. The molecule has 0 N–H and O–H groups in total. The zero-order chi connectivity index (χ0) is 27.4. The van der Waals surface area contributed by atoms with Gasteiger partial charge in [0.25, 0.3) is 0 Å². The van der Waals surface area contributed by atoms with Gasteiger partial charge in [-0.3, -0.25) is 0 Å². The molecule has 8 heteroatoms. The standard InChI is InChI=1S/C30H20F6O2/c1-2-3-24(31)28(35)19-8-4-17(5-9-19)18-6-10-20(11-7-18)30(37)38-22-12-13-23(25(32)16-22)21-14-26(33)29(36)27(34)15-21/h4-16H,2-3H2,1H3. The number of benzene rings is 4. The molecular formula is C30H20F6O2. The molecular weight excluding hydrogens is 506 g/mol. The van der Waals surface area contributed by atoms with Crippen molar-refractivity contribution in [2.45, 2.75) is 19.8 Å². The molecule has 0 bridgehead atoms. The number of ether oxygens (including phenoxy) is 1. The molecule has 0 radical (unpaired) electrons. The zero-order valence-electron chi connectivity index (χ0n) is 20.0. The molecule has 0 fully saturated rings. The Labute approximate surface area is 214 Å². The molecule has 0 heterocycles. The van der Waals surface area contributed by atoms with E-state index in [1.165, 1.54) is 30.3 Å². The normalized spacial score (nSPS) is 11.8. The first-order valence-corrected chi connectivity index (χ1v) is 11.6. The maximum Gasteiger partial charge on any atom is 0.343 e. The molecule has 0 unspecified atom stereocenters. The van der Waals surface area contributed by atoms with Gasteiger partial charge in [-0.25, -0.2) is 31.1 Å². The first-order chi connectivity index (χ1) is 18.2. The Morgan fingerprint density at radius 2 is 1.24 bits per heavy atom. The highest BCUT2D eigenvalue weighted by atomic mass is 19.2. The smallest absolute Gasteiger partial charge is 0.343 e. The highest BCUT2D eigenvalue weighted by molar-refractivity contribution is 5.91. The molecule has 0 aliphatic carbocycles. The van der Waals surface area contributed by atoms with Gasteiger partial charge in [-0.15, -0.1) is 0 Å². The topological polar surface area (TPSA) is 26.3 Å². The van der Waals surface area contributed by atoms with Gasteiger partial charge in [0.1, 0.15) is 17.4 Å². The number of carbonyl (C=O) groups excluding carboxylic acids is 1. The largest absolute Gasteiger partial charge is 0.423 e. The summed E-state index contributed by atoms with van der Waals surface area (Å²) in [6.45, 7) is 1.76. The number of rotatable bonds is 7. The Kier molecular flexibility index (Phi) is 8.00. The predicted molar refractivity (Wildman–Crippen MR) is 133 cm³/mol. The number of hydrogen-bond acceptors (Lipinski definition) is 2. The molecule has 0 aliphatic heterocycles. The van der Waals surface area contributed by atoms with Crippen LogP contribution in [0.25, 0.3) is 28.1 Å². The van der Waals surface area contributed by atoms with Gasteiger partial charge >= 0.3 is 5.97 Å². The van der Waals surface area contributed by atoms with Crippen molar-refractivity contribution in [3.05, 3.63) is 119 Å². The fourth-order valence-electron chi connectivity index (χ4n) is 3.76. The summed E-state index contributed by atoms with van der Waals surface area (Å²) in [6, 6.07) is 17.0. The maximum atomic E-state index is 14.6. The average Bonchev–Trinajstić information content (AvgIpc) is 2.91. The van der Waals surface area contributed by atoms with E-state index in [0.29, 0.717) is 29.7 Å². The monoisotopic (exact) mass is 526 g/mol.